The number of aromatic nitrogens is 1. The maximum absolute atomic E-state index is 12.1. The number of amides is 1. The van der Waals surface area contributed by atoms with E-state index in [1.54, 1.807) is 16.8 Å². The number of aryl methyl sites for hydroxylation is 1. The molecule has 100 valence electrons. The monoisotopic (exact) mass is 267 g/mol. The summed E-state index contributed by atoms with van der Waals surface area (Å²) in [4.78, 5) is 12.1. The first-order valence-corrected chi connectivity index (χ1v) is 7.54. The Kier molecular flexibility index (Phi) is 3.90. The van der Waals surface area contributed by atoms with Gasteiger partial charge in [0.05, 0.1) is 5.69 Å². The van der Waals surface area contributed by atoms with E-state index in [2.05, 4.69) is 11.6 Å². The van der Waals surface area contributed by atoms with Crippen molar-refractivity contribution in [2.24, 2.45) is 7.05 Å². The zero-order valence-electron chi connectivity index (χ0n) is 11.0. The summed E-state index contributed by atoms with van der Waals surface area (Å²) in [5.74, 6) is -0.0328. The van der Waals surface area contributed by atoms with Crippen molar-refractivity contribution in [3.63, 3.8) is 0 Å². The summed E-state index contributed by atoms with van der Waals surface area (Å²) in [5.41, 5.74) is 6.94. The minimum Gasteiger partial charge on any atom is -0.397 e. The Balaban J connectivity index is 1.98. The van der Waals surface area contributed by atoms with Gasteiger partial charge in [0.2, 0.25) is 0 Å². The summed E-state index contributed by atoms with van der Waals surface area (Å²) >= 11 is 1.88. The summed E-state index contributed by atoms with van der Waals surface area (Å²) in [7, 11) is 1.84. The van der Waals surface area contributed by atoms with Gasteiger partial charge < -0.3 is 15.6 Å². The van der Waals surface area contributed by atoms with Gasteiger partial charge in [0.15, 0.2) is 0 Å². The van der Waals surface area contributed by atoms with Crippen LogP contribution >= 0.6 is 11.8 Å². The molecule has 1 fully saturated rings. The van der Waals surface area contributed by atoms with E-state index in [4.69, 9.17) is 5.73 Å². The van der Waals surface area contributed by atoms with Crippen molar-refractivity contribution in [2.45, 2.75) is 30.4 Å². The highest BCUT2D eigenvalue weighted by molar-refractivity contribution is 8.00. The summed E-state index contributed by atoms with van der Waals surface area (Å²) in [6.07, 6.45) is 8.84. The molecule has 1 aromatic rings. The molecule has 0 saturated heterocycles. The molecule has 0 aliphatic heterocycles. The molecule has 4 nitrogen and oxygen atoms in total. The Morgan fingerprint density at radius 1 is 1.56 bits per heavy atom. The number of nitrogen functional groups attached to an aromatic ring is 1. The number of hydrogen-bond acceptors (Lipinski definition) is 3. The van der Waals surface area contributed by atoms with Crippen molar-refractivity contribution >= 4 is 23.4 Å². The fourth-order valence-electron chi connectivity index (χ4n) is 2.62. The van der Waals surface area contributed by atoms with Crippen molar-refractivity contribution in [1.29, 1.82) is 0 Å². The lowest BCUT2D eigenvalue weighted by atomic mass is 10.1. The normalized spacial score (nSPS) is 17.9. The molecule has 5 heteroatoms. The molecule has 1 aromatic heterocycles. The van der Waals surface area contributed by atoms with Crippen molar-refractivity contribution < 1.29 is 4.79 Å². The number of anilines is 1. The van der Waals surface area contributed by atoms with Crippen LogP contribution < -0.4 is 11.1 Å². The third-order valence-electron chi connectivity index (χ3n) is 3.78. The highest BCUT2D eigenvalue weighted by Gasteiger charge is 2.33. The summed E-state index contributed by atoms with van der Waals surface area (Å²) in [5, 5.41) is 3.05. The molecule has 18 heavy (non-hydrogen) atoms. The Bertz CT molecular complexity index is 435. The first-order chi connectivity index (χ1) is 8.56. The van der Waals surface area contributed by atoms with Gasteiger partial charge in [-0.25, -0.2) is 0 Å². The topological polar surface area (TPSA) is 60.1 Å². The van der Waals surface area contributed by atoms with Gasteiger partial charge in [-0.15, -0.1) is 0 Å². The van der Waals surface area contributed by atoms with E-state index in [1.165, 1.54) is 25.7 Å². The van der Waals surface area contributed by atoms with E-state index in [-0.39, 0.29) is 10.7 Å². The average molecular weight is 267 g/mol. The van der Waals surface area contributed by atoms with E-state index < -0.39 is 0 Å². The lowest BCUT2D eigenvalue weighted by molar-refractivity contribution is 0.0941. The van der Waals surface area contributed by atoms with Crippen molar-refractivity contribution in [3.8, 4) is 0 Å². The standard InChI is InChI=1S/C13H21N3OS/c1-16-8-10(14)7-11(16)12(17)15-9-13(18-2)5-3-4-6-13/h7-8H,3-6,9,14H2,1-2H3,(H,15,17). The first-order valence-electron chi connectivity index (χ1n) is 6.31. The van der Waals surface area contributed by atoms with Crippen LogP contribution in [0.5, 0.6) is 0 Å². The van der Waals surface area contributed by atoms with Crippen LogP contribution in [0.1, 0.15) is 36.2 Å². The number of rotatable bonds is 4. The van der Waals surface area contributed by atoms with Gasteiger partial charge >= 0.3 is 0 Å². The molecule has 3 N–H and O–H groups in total. The lowest BCUT2D eigenvalue weighted by Crippen LogP contribution is -2.38. The molecular weight excluding hydrogens is 246 g/mol. The van der Waals surface area contributed by atoms with Crippen LogP contribution in [0.2, 0.25) is 0 Å². The number of nitrogens with one attached hydrogen (secondary N) is 1. The molecule has 1 amide bonds. The minimum absolute atomic E-state index is 0.0328. The number of nitrogens with two attached hydrogens (primary N) is 1. The number of carbonyl (C=O) groups excluding carboxylic acids is 1. The predicted octanol–water partition coefficient (Wildman–Crippen LogP) is 2.01. The third-order valence-corrected chi connectivity index (χ3v) is 5.20. The highest BCUT2D eigenvalue weighted by atomic mass is 32.2. The molecular formula is C13H21N3OS. The summed E-state index contributed by atoms with van der Waals surface area (Å²) in [6, 6.07) is 1.72. The molecule has 1 saturated carbocycles. The minimum atomic E-state index is -0.0328. The van der Waals surface area contributed by atoms with E-state index in [9.17, 15) is 4.79 Å². The maximum Gasteiger partial charge on any atom is 0.268 e. The zero-order valence-corrected chi connectivity index (χ0v) is 11.8. The third kappa shape index (κ3) is 2.66. The molecule has 1 heterocycles. The van der Waals surface area contributed by atoms with Gasteiger partial charge in [-0.2, -0.15) is 11.8 Å². The van der Waals surface area contributed by atoms with Crippen LogP contribution in [-0.2, 0) is 7.05 Å². The molecule has 1 aliphatic rings. The van der Waals surface area contributed by atoms with E-state index in [1.807, 2.05) is 18.8 Å². The van der Waals surface area contributed by atoms with Crippen molar-refractivity contribution in [2.75, 3.05) is 18.5 Å². The van der Waals surface area contributed by atoms with Crippen LogP contribution in [-0.4, -0.2) is 28.0 Å². The fraction of sp³-hybridized carbons (Fsp3) is 0.615. The molecule has 2 rings (SSSR count). The van der Waals surface area contributed by atoms with Crippen LogP contribution in [0.4, 0.5) is 5.69 Å². The van der Waals surface area contributed by atoms with Crippen LogP contribution in [0.3, 0.4) is 0 Å². The second kappa shape index (κ2) is 5.26. The van der Waals surface area contributed by atoms with Gasteiger partial charge in [-0.1, -0.05) is 12.8 Å². The second-order valence-corrected chi connectivity index (χ2v) is 6.32. The maximum atomic E-state index is 12.1. The smallest absolute Gasteiger partial charge is 0.268 e. The largest absolute Gasteiger partial charge is 0.397 e. The Hall–Kier alpha value is -1.10. The van der Waals surface area contributed by atoms with Crippen LogP contribution in [0.15, 0.2) is 12.3 Å². The highest BCUT2D eigenvalue weighted by Crippen LogP contribution is 2.39. The van der Waals surface area contributed by atoms with E-state index in [0.29, 0.717) is 11.4 Å². The molecule has 0 radical (unpaired) electrons. The lowest BCUT2D eigenvalue weighted by Gasteiger charge is -2.26. The van der Waals surface area contributed by atoms with E-state index >= 15 is 0 Å². The molecule has 0 bridgehead atoms. The van der Waals surface area contributed by atoms with Crippen molar-refractivity contribution in [1.82, 2.24) is 9.88 Å². The average Bonchev–Trinajstić information content (AvgIpc) is 2.94. The number of hydrogen-bond donors (Lipinski definition) is 2. The first kappa shape index (κ1) is 13.3. The molecule has 1 aliphatic carbocycles. The van der Waals surface area contributed by atoms with Gasteiger partial charge in [-0.3, -0.25) is 4.79 Å². The number of carbonyl (C=O) groups is 1. The SMILES string of the molecule is CSC1(CNC(=O)c2cc(N)cn2C)CCCC1. The van der Waals surface area contributed by atoms with Gasteiger partial charge in [-0.05, 0) is 25.2 Å². The van der Waals surface area contributed by atoms with E-state index in [0.717, 1.165) is 6.54 Å². The van der Waals surface area contributed by atoms with Crippen LogP contribution in [0.25, 0.3) is 0 Å². The second-order valence-electron chi connectivity index (χ2n) is 5.05. The van der Waals surface area contributed by atoms with Gasteiger partial charge in [0, 0.05) is 24.5 Å². The van der Waals surface area contributed by atoms with Gasteiger partial charge in [0.1, 0.15) is 5.69 Å². The Morgan fingerprint density at radius 2 is 2.22 bits per heavy atom. The van der Waals surface area contributed by atoms with Crippen molar-refractivity contribution in [3.05, 3.63) is 18.0 Å². The molecule has 0 aromatic carbocycles. The van der Waals surface area contributed by atoms with Gasteiger partial charge in [0.25, 0.3) is 5.91 Å². The molecule has 0 atom stereocenters. The zero-order chi connectivity index (χ0) is 13.2. The Labute approximate surface area is 112 Å². The molecule has 0 unspecified atom stereocenters. The predicted molar refractivity (Wildman–Crippen MR) is 76.9 cm³/mol. The quantitative estimate of drug-likeness (QED) is 0.877. The number of nitrogens with zero attached hydrogens (tertiary/aromatic N) is 1. The summed E-state index contributed by atoms with van der Waals surface area (Å²) < 4.78 is 2.01. The van der Waals surface area contributed by atoms with Crippen LogP contribution in [0, 0.1) is 0 Å². The fourth-order valence-corrected chi connectivity index (χ4v) is 3.53. The number of thioether (sulfide) groups is 1. The summed E-state index contributed by atoms with van der Waals surface area (Å²) in [6.45, 7) is 0.748. The molecule has 0 spiro atoms. The Morgan fingerprint density at radius 3 is 2.72 bits per heavy atom.